The van der Waals surface area contributed by atoms with Crippen LogP contribution in [-0.2, 0) is 9.53 Å². The Labute approximate surface area is 167 Å². The van der Waals surface area contributed by atoms with Gasteiger partial charge in [0.1, 0.15) is 11.3 Å². The molecule has 1 N–H and O–H groups in total. The summed E-state index contributed by atoms with van der Waals surface area (Å²) in [5, 5.41) is 4.84. The molecule has 8 heteroatoms. The molecular weight excluding hydrogens is 386 g/mol. The third-order valence-electron chi connectivity index (χ3n) is 5.37. The third-order valence-corrected chi connectivity index (χ3v) is 6.95. The van der Waals surface area contributed by atoms with Gasteiger partial charge in [-0.25, -0.2) is 4.98 Å². The highest BCUT2D eigenvalue weighted by molar-refractivity contribution is 7.22. The number of amides is 1. The number of carbonyl (C=O) groups is 1. The molecule has 0 spiro atoms. The predicted molar refractivity (Wildman–Crippen MR) is 108 cm³/mol. The van der Waals surface area contributed by atoms with E-state index in [0.29, 0.717) is 5.02 Å². The molecule has 0 atom stereocenters. The van der Waals surface area contributed by atoms with Crippen LogP contribution in [0.3, 0.4) is 0 Å². The first-order valence-corrected chi connectivity index (χ1v) is 10.6. The van der Waals surface area contributed by atoms with Crippen molar-refractivity contribution in [1.82, 2.24) is 10.3 Å². The van der Waals surface area contributed by atoms with Gasteiger partial charge in [-0.05, 0) is 37.8 Å². The minimum Gasteiger partial charge on any atom is -0.494 e. The van der Waals surface area contributed by atoms with Crippen molar-refractivity contribution in [2.24, 2.45) is 5.92 Å². The van der Waals surface area contributed by atoms with Gasteiger partial charge >= 0.3 is 0 Å². The third kappa shape index (κ3) is 4.00. The molecule has 2 aliphatic heterocycles. The number of benzene rings is 1. The number of thiazole rings is 1. The second-order valence-corrected chi connectivity index (χ2v) is 8.47. The standard InChI is InChI=1S/C19H24ClN3O3S/c1-25-15-3-2-14(20)17-16(15)22-19(27-17)23-8-4-12(5-9-23)18(24)21-13-6-10-26-11-7-13/h2-3,12-13H,4-11H2,1H3,(H,21,24). The van der Waals surface area contributed by atoms with Gasteiger partial charge in [0.25, 0.3) is 0 Å². The zero-order valence-electron chi connectivity index (χ0n) is 15.4. The number of rotatable bonds is 4. The Balaban J connectivity index is 1.39. The van der Waals surface area contributed by atoms with E-state index in [0.717, 1.165) is 73.1 Å². The molecule has 0 bridgehead atoms. The molecule has 3 heterocycles. The van der Waals surface area contributed by atoms with Gasteiger partial charge in [0.2, 0.25) is 5.91 Å². The highest BCUT2D eigenvalue weighted by atomic mass is 35.5. The first-order valence-electron chi connectivity index (χ1n) is 9.42. The number of piperidine rings is 1. The molecule has 6 nitrogen and oxygen atoms in total. The van der Waals surface area contributed by atoms with E-state index in [2.05, 4.69) is 10.2 Å². The average molecular weight is 410 g/mol. The van der Waals surface area contributed by atoms with Crippen LogP contribution in [0.1, 0.15) is 25.7 Å². The van der Waals surface area contributed by atoms with E-state index < -0.39 is 0 Å². The van der Waals surface area contributed by atoms with E-state index in [1.54, 1.807) is 18.4 Å². The molecule has 0 unspecified atom stereocenters. The van der Waals surface area contributed by atoms with Crippen molar-refractivity contribution in [1.29, 1.82) is 0 Å². The van der Waals surface area contributed by atoms with Crippen LogP contribution < -0.4 is 15.0 Å². The first-order chi connectivity index (χ1) is 13.2. The lowest BCUT2D eigenvalue weighted by atomic mass is 9.95. The molecule has 1 amide bonds. The first kappa shape index (κ1) is 18.8. The van der Waals surface area contributed by atoms with Crippen molar-refractivity contribution in [3.63, 3.8) is 0 Å². The lowest BCUT2D eigenvalue weighted by Gasteiger charge is -2.32. The zero-order valence-corrected chi connectivity index (χ0v) is 16.9. The van der Waals surface area contributed by atoms with Crippen molar-refractivity contribution in [2.45, 2.75) is 31.7 Å². The second kappa shape index (κ2) is 8.20. The number of halogens is 1. The largest absolute Gasteiger partial charge is 0.494 e. The second-order valence-electron chi connectivity index (χ2n) is 7.08. The number of nitrogens with zero attached hydrogens (tertiary/aromatic N) is 2. The monoisotopic (exact) mass is 409 g/mol. The van der Waals surface area contributed by atoms with Crippen LogP contribution in [0.2, 0.25) is 5.02 Å². The summed E-state index contributed by atoms with van der Waals surface area (Å²) >= 11 is 7.92. The predicted octanol–water partition coefficient (Wildman–Crippen LogP) is 3.47. The molecule has 0 saturated carbocycles. The van der Waals surface area contributed by atoms with E-state index in [9.17, 15) is 4.79 Å². The Morgan fingerprint density at radius 2 is 2.04 bits per heavy atom. The summed E-state index contributed by atoms with van der Waals surface area (Å²) in [5.74, 6) is 1.01. The summed E-state index contributed by atoms with van der Waals surface area (Å²) in [6.07, 6.45) is 3.52. The summed E-state index contributed by atoms with van der Waals surface area (Å²) in [4.78, 5) is 19.6. The summed E-state index contributed by atoms with van der Waals surface area (Å²) in [5.41, 5.74) is 0.810. The van der Waals surface area contributed by atoms with Gasteiger partial charge in [-0.15, -0.1) is 0 Å². The fraction of sp³-hybridized carbons (Fsp3) is 0.579. The molecule has 4 rings (SSSR count). The number of fused-ring (bicyclic) bond motifs is 1. The van der Waals surface area contributed by atoms with Crippen LogP contribution in [0.15, 0.2) is 12.1 Å². The Morgan fingerprint density at radius 3 is 2.74 bits per heavy atom. The lowest BCUT2D eigenvalue weighted by Crippen LogP contribution is -2.45. The molecule has 0 aliphatic carbocycles. The van der Waals surface area contributed by atoms with E-state index in [4.69, 9.17) is 26.1 Å². The molecule has 0 radical (unpaired) electrons. The molecule has 27 heavy (non-hydrogen) atoms. The van der Waals surface area contributed by atoms with E-state index in [-0.39, 0.29) is 17.9 Å². The van der Waals surface area contributed by atoms with Gasteiger partial charge in [0.15, 0.2) is 5.13 Å². The Bertz CT molecular complexity index is 814. The Kier molecular flexibility index (Phi) is 5.71. The Morgan fingerprint density at radius 1 is 1.30 bits per heavy atom. The van der Waals surface area contributed by atoms with Crippen LogP contribution in [0.4, 0.5) is 5.13 Å². The van der Waals surface area contributed by atoms with Crippen molar-refractivity contribution < 1.29 is 14.3 Å². The molecule has 2 aliphatic rings. The van der Waals surface area contributed by atoms with Crippen LogP contribution >= 0.6 is 22.9 Å². The van der Waals surface area contributed by atoms with Gasteiger partial charge < -0.3 is 19.7 Å². The van der Waals surface area contributed by atoms with Gasteiger partial charge in [0, 0.05) is 38.3 Å². The number of carbonyl (C=O) groups excluding carboxylic acids is 1. The summed E-state index contributed by atoms with van der Waals surface area (Å²) in [6.45, 7) is 3.14. The highest BCUT2D eigenvalue weighted by Gasteiger charge is 2.28. The summed E-state index contributed by atoms with van der Waals surface area (Å²) < 4.78 is 11.7. The minimum absolute atomic E-state index is 0.0802. The lowest BCUT2D eigenvalue weighted by molar-refractivity contribution is -0.126. The van der Waals surface area contributed by atoms with Crippen LogP contribution in [0, 0.1) is 5.92 Å². The van der Waals surface area contributed by atoms with Crippen LogP contribution in [0.5, 0.6) is 5.75 Å². The summed E-state index contributed by atoms with van der Waals surface area (Å²) in [7, 11) is 1.64. The normalized spacial score (nSPS) is 19.4. The number of methoxy groups -OCH3 is 1. The average Bonchev–Trinajstić information content (AvgIpc) is 3.16. The number of anilines is 1. The quantitative estimate of drug-likeness (QED) is 0.837. The number of ether oxygens (including phenoxy) is 2. The molecule has 1 aromatic heterocycles. The fourth-order valence-electron chi connectivity index (χ4n) is 3.74. The van der Waals surface area contributed by atoms with Crippen molar-refractivity contribution in [3.8, 4) is 5.75 Å². The molecular formula is C19H24ClN3O3S. The highest BCUT2D eigenvalue weighted by Crippen LogP contribution is 2.39. The number of aromatic nitrogens is 1. The smallest absolute Gasteiger partial charge is 0.223 e. The van der Waals surface area contributed by atoms with Gasteiger partial charge in [-0.1, -0.05) is 22.9 Å². The zero-order chi connectivity index (χ0) is 18.8. The van der Waals surface area contributed by atoms with Crippen LogP contribution in [-0.4, -0.2) is 50.3 Å². The van der Waals surface area contributed by atoms with Gasteiger partial charge in [-0.2, -0.15) is 0 Å². The number of hydrogen-bond acceptors (Lipinski definition) is 6. The maximum Gasteiger partial charge on any atom is 0.223 e. The molecule has 1 aromatic carbocycles. The maximum absolute atomic E-state index is 12.6. The van der Waals surface area contributed by atoms with E-state index >= 15 is 0 Å². The SMILES string of the molecule is COc1ccc(Cl)c2sc(N3CCC(C(=O)NC4CCOCC4)CC3)nc12. The fourth-order valence-corrected chi connectivity index (χ4v) is 5.04. The molecule has 2 aromatic rings. The summed E-state index contributed by atoms with van der Waals surface area (Å²) in [6, 6.07) is 3.96. The number of hydrogen-bond donors (Lipinski definition) is 1. The maximum atomic E-state index is 12.6. The minimum atomic E-state index is 0.0802. The van der Waals surface area contributed by atoms with Crippen molar-refractivity contribution >= 4 is 44.2 Å². The molecule has 2 saturated heterocycles. The Hall–Kier alpha value is -1.57. The van der Waals surface area contributed by atoms with E-state index in [1.165, 1.54) is 0 Å². The number of nitrogens with one attached hydrogen (secondary N) is 1. The van der Waals surface area contributed by atoms with Crippen molar-refractivity contribution in [3.05, 3.63) is 17.2 Å². The molecule has 146 valence electrons. The van der Waals surface area contributed by atoms with Crippen LogP contribution in [0.25, 0.3) is 10.2 Å². The molecule has 2 fully saturated rings. The van der Waals surface area contributed by atoms with Gasteiger partial charge in [-0.3, -0.25) is 4.79 Å². The van der Waals surface area contributed by atoms with Gasteiger partial charge in [0.05, 0.1) is 16.8 Å². The van der Waals surface area contributed by atoms with E-state index in [1.807, 2.05) is 12.1 Å². The van der Waals surface area contributed by atoms with Crippen molar-refractivity contribution in [2.75, 3.05) is 38.3 Å². The topological polar surface area (TPSA) is 63.7 Å².